The van der Waals surface area contributed by atoms with Gasteiger partial charge in [0.25, 0.3) is 0 Å². The Morgan fingerprint density at radius 2 is 2.07 bits per heavy atom. The van der Waals surface area contributed by atoms with Crippen molar-refractivity contribution in [3.63, 3.8) is 0 Å². The molecule has 0 aliphatic heterocycles. The van der Waals surface area contributed by atoms with Crippen molar-refractivity contribution >= 4 is 17.7 Å². The highest BCUT2D eigenvalue weighted by Crippen LogP contribution is 2.36. The number of unbranched alkanes of at least 4 members (excludes halogenated alkanes) is 3. The molecular weight excluding hydrogens is 356 g/mol. The van der Waals surface area contributed by atoms with Crippen LogP contribution in [-0.2, 0) is 9.53 Å². The van der Waals surface area contributed by atoms with Crippen molar-refractivity contribution in [3.8, 4) is 0 Å². The van der Waals surface area contributed by atoms with Crippen LogP contribution >= 0.6 is 11.8 Å². The zero-order valence-electron chi connectivity index (χ0n) is 18.0. The number of carbonyl (C=O) groups excluding carboxylic acids is 1. The molecule has 1 aliphatic carbocycles. The van der Waals surface area contributed by atoms with Crippen LogP contribution in [0.15, 0.2) is 23.1 Å². The van der Waals surface area contributed by atoms with Gasteiger partial charge >= 0.3 is 5.97 Å². The van der Waals surface area contributed by atoms with Crippen LogP contribution in [0.1, 0.15) is 84.5 Å². The summed E-state index contributed by atoms with van der Waals surface area (Å²) in [5, 5.41) is 7.00. The Morgan fingerprint density at radius 3 is 2.78 bits per heavy atom. The van der Waals surface area contributed by atoms with Gasteiger partial charge in [-0.25, -0.2) is 0 Å². The average Bonchev–Trinajstić information content (AvgIpc) is 3.14. The molecule has 3 nitrogen and oxygen atoms in total. The van der Waals surface area contributed by atoms with E-state index in [9.17, 15) is 4.79 Å². The van der Waals surface area contributed by atoms with E-state index in [0.717, 1.165) is 25.9 Å². The molecule has 27 heavy (non-hydrogen) atoms. The first-order valence-electron chi connectivity index (χ1n) is 10.7. The molecule has 0 bridgehead atoms. The molecule has 0 aromatic carbocycles. The van der Waals surface area contributed by atoms with E-state index in [1.54, 1.807) is 4.91 Å². The van der Waals surface area contributed by atoms with Gasteiger partial charge in [-0.1, -0.05) is 57.8 Å². The topological polar surface area (TPSA) is 46.5 Å². The number of allylic oxidation sites excluding steroid dienone is 4. The Balaban J connectivity index is 0.00000326. The summed E-state index contributed by atoms with van der Waals surface area (Å²) in [6.45, 7) is 4.66. The van der Waals surface area contributed by atoms with Gasteiger partial charge in [-0.3, -0.25) is 4.79 Å². The Kier molecular flexibility index (Phi) is 18.1. The number of esters is 1. The van der Waals surface area contributed by atoms with Gasteiger partial charge in [-0.2, -0.15) is 0 Å². The SMILES string of the molecule is CCCCC(C)CC/C=C/C1CCC=C1SCCCCCC(=O)OC.CO. The van der Waals surface area contributed by atoms with Crippen LogP contribution in [0.2, 0.25) is 0 Å². The minimum absolute atomic E-state index is 0.0830. The van der Waals surface area contributed by atoms with Crippen LogP contribution in [0.5, 0.6) is 0 Å². The normalized spacial score (nSPS) is 17.4. The molecule has 0 spiro atoms. The third-order valence-electron chi connectivity index (χ3n) is 4.96. The molecule has 0 amide bonds. The summed E-state index contributed by atoms with van der Waals surface area (Å²) >= 11 is 2.03. The Labute approximate surface area is 172 Å². The van der Waals surface area contributed by atoms with E-state index in [1.807, 2.05) is 11.8 Å². The Morgan fingerprint density at radius 1 is 1.30 bits per heavy atom. The molecule has 0 heterocycles. The van der Waals surface area contributed by atoms with Crippen LogP contribution < -0.4 is 0 Å². The van der Waals surface area contributed by atoms with Crippen molar-refractivity contribution in [3.05, 3.63) is 23.1 Å². The second-order valence-electron chi connectivity index (χ2n) is 7.28. The minimum atomic E-state index is -0.0830. The summed E-state index contributed by atoms with van der Waals surface area (Å²) in [4.78, 5) is 12.6. The second-order valence-corrected chi connectivity index (χ2v) is 8.45. The van der Waals surface area contributed by atoms with Crippen LogP contribution in [0.25, 0.3) is 0 Å². The maximum absolute atomic E-state index is 11.1. The summed E-state index contributed by atoms with van der Waals surface area (Å²) in [6, 6.07) is 0. The van der Waals surface area contributed by atoms with Crippen molar-refractivity contribution in [1.82, 2.24) is 0 Å². The van der Waals surface area contributed by atoms with Crippen LogP contribution in [0.3, 0.4) is 0 Å². The average molecular weight is 399 g/mol. The minimum Gasteiger partial charge on any atom is -0.469 e. The van der Waals surface area contributed by atoms with Crippen molar-refractivity contribution in [2.75, 3.05) is 20.0 Å². The molecule has 0 radical (unpaired) electrons. The number of hydrogen-bond acceptors (Lipinski definition) is 4. The zero-order valence-corrected chi connectivity index (χ0v) is 18.9. The maximum atomic E-state index is 11.1. The molecule has 4 heteroatoms. The first kappa shape index (κ1) is 26.3. The number of aliphatic hydroxyl groups excluding tert-OH is 1. The highest BCUT2D eigenvalue weighted by atomic mass is 32.2. The highest BCUT2D eigenvalue weighted by Gasteiger charge is 2.16. The first-order chi connectivity index (χ1) is 13.2. The predicted octanol–water partition coefficient (Wildman–Crippen LogP) is 6.52. The number of carbonyl (C=O) groups is 1. The molecule has 0 aromatic heterocycles. The Hall–Kier alpha value is -0.740. The van der Waals surface area contributed by atoms with E-state index in [2.05, 4.69) is 36.8 Å². The predicted molar refractivity (Wildman–Crippen MR) is 119 cm³/mol. The standard InChI is InChI=1S/C22H38O2S.CH4O/c1-4-5-12-19(2)13-8-9-14-20-15-11-16-21(20)25-18-10-6-7-17-22(23)24-3;1-2/h9,14,16,19-20H,4-8,10-13,15,17-18H2,1-3H3;2H,1H3/b14-9+;. The molecule has 0 aromatic rings. The molecule has 1 aliphatic rings. The summed E-state index contributed by atoms with van der Waals surface area (Å²) in [5.41, 5.74) is 0. The molecule has 1 N–H and O–H groups in total. The van der Waals surface area contributed by atoms with Gasteiger partial charge < -0.3 is 9.84 Å². The van der Waals surface area contributed by atoms with E-state index in [0.29, 0.717) is 12.3 Å². The summed E-state index contributed by atoms with van der Waals surface area (Å²) in [5.74, 6) is 2.61. The number of rotatable bonds is 14. The quantitative estimate of drug-likeness (QED) is 0.206. The highest BCUT2D eigenvalue weighted by molar-refractivity contribution is 8.03. The van der Waals surface area contributed by atoms with Gasteiger partial charge in [0.2, 0.25) is 0 Å². The molecule has 2 unspecified atom stereocenters. The molecule has 2 atom stereocenters. The summed E-state index contributed by atoms with van der Waals surface area (Å²) in [6.07, 6.45) is 20.3. The van der Waals surface area contributed by atoms with Crippen molar-refractivity contribution < 1.29 is 14.6 Å². The first-order valence-corrected chi connectivity index (χ1v) is 11.7. The summed E-state index contributed by atoms with van der Waals surface area (Å²) in [7, 11) is 2.46. The van der Waals surface area contributed by atoms with E-state index in [4.69, 9.17) is 5.11 Å². The molecule has 0 fully saturated rings. The van der Waals surface area contributed by atoms with E-state index in [-0.39, 0.29) is 5.97 Å². The third kappa shape index (κ3) is 14.0. The smallest absolute Gasteiger partial charge is 0.305 e. The Bertz CT molecular complexity index is 418. The van der Waals surface area contributed by atoms with Gasteiger partial charge in [-0.05, 0) is 55.1 Å². The van der Waals surface area contributed by atoms with E-state index < -0.39 is 0 Å². The van der Waals surface area contributed by atoms with Crippen LogP contribution in [0, 0.1) is 11.8 Å². The van der Waals surface area contributed by atoms with Gasteiger partial charge in [0.05, 0.1) is 7.11 Å². The van der Waals surface area contributed by atoms with Crippen LogP contribution in [0.4, 0.5) is 0 Å². The molecule has 1 rings (SSSR count). The van der Waals surface area contributed by atoms with Gasteiger partial charge in [-0.15, -0.1) is 11.8 Å². The number of aliphatic hydroxyl groups is 1. The van der Waals surface area contributed by atoms with Gasteiger partial charge in [0, 0.05) is 19.4 Å². The van der Waals surface area contributed by atoms with Gasteiger partial charge in [0.15, 0.2) is 0 Å². The lowest BCUT2D eigenvalue weighted by Gasteiger charge is -2.11. The fraction of sp³-hybridized carbons (Fsp3) is 0.783. The lowest BCUT2D eigenvalue weighted by atomic mass is 9.98. The maximum Gasteiger partial charge on any atom is 0.305 e. The number of ether oxygens (including phenoxy) is 1. The zero-order chi connectivity index (χ0) is 20.3. The lowest BCUT2D eigenvalue weighted by molar-refractivity contribution is -0.140. The van der Waals surface area contributed by atoms with E-state index >= 15 is 0 Å². The van der Waals surface area contributed by atoms with Gasteiger partial charge in [0.1, 0.15) is 0 Å². The molecular formula is C23H42O3S. The second kappa shape index (κ2) is 18.6. The van der Waals surface area contributed by atoms with Crippen molar-refractivity contribution in [2.24, 2.45) is 11.8 Å². The largest absolute Gasteiger partial charge is 0.469 e. The lowest BCUT2D eigenvalue weighted by Crippen LogP contribution is -1.99. The molecule has 0 saturated heterocycles. The van der Waals surface area contributed by atoms with E-state index in [1.165, 1.54) is 64.2 Å². The number of hydrogen-bond donors (Lipinski definition) is 1. The van der Waals surface area contributed by atoms with Crippen molar-refractivity contribution in [1.29, 1.82) is 0 Å². The summed E-state index contributed by atoms with van der Waals surface area (Å²) < 4.78 is 4.67. The third-order valence-corrected chi connectivity index (χ3v) is 6.25. The number of methoxy groups -OCH3 is 1. The van der Waals surface area contributed by atoms with Crippen molar-refractivity contribution in [2.45, 2.75) is 84.5 Å². The fourth-order valence-electron chi connectivity index (χ4n) is 3.23. The fourth-order valence-corrected chi connectivity index (χ4v) is 4.46. The molecule has 0 saturated carbocycles. The number of thioether (sulfide) groups is 1. The monoisotopic (exact) mass is 398 g/mol. The van der Waals surface area contributed by atoms with Crippen LogP contribution in [-0.4, -0.2) is 31.0 Å². The molecule has 158 valence electrons.